The fourth-order valence-electron chi connectivity index (χ4n) is 4.22. The molecule has 2 aromatic carbocycles. The highest BCUT2D eigenvalue weighted by atomic mass is 79.9. The number of H-pyrrole nitrogens is 2. The molecule has 0 spiro atoms. The third-order valence-corrected chi connectivity index (χ3v) is 10.2. The van der Waals surface area contributed by atoms with Crippen molar-refractivity contribution in [1.29, 1.82) is 0 Å². The van der Waals surface area contributed by atoms with Crippen molar-refractivity contribution in [1.82, 2.24) is 9.97 Å². The summed E-state index contributed by atoms with van der Waals surface area (Å²) >= 11 is 19.4. The van der Waals surface area contributed by atoms with Crippen LogP contribution in [0.4, 0.5) is 0 Å². The Balaban J connectivity index is 1.63. The van der Waals surface area contributed by atoms with Gasteiger partial charge in [0.2, 0.25) is 5.79 Å². The van der Waals surface area contributed by atoms with Crippen molar-refractivity contribution in [3.05, 3.63) is 55.6 Å². The quantitative estimate of drug-likeness (QED) is 0.107. The zero-order valence-electron chi connectivity index (χ0n) is 19.1. The number of aliphatic hydroxyl groups excluding tert-OH is 5. The van der Waals surface area contributed by atoms with Crippen molar-refractivity contribution in [3.63, 3.8) is 0 Å². The molecule has 6 atom stereocenters. The highest BCUT2D eigenvalue weighted by Gasteiger charge is 2.62. The summed E-state index contributed by atoms with van der Waals surface area (Å²) in [6, 6.07) is 6.57. The van der Waals surface area contributed by atoms with Gasteiger partial charge in [0.25, 0.3) is 0 Å². The van der Waals surface area contributed by atoms with Gasteiger partial charge in [-0.2, -0.15) is 0 Å². The molecule has 2 aromatic heterocycles. The van der Waals surface area contributed by atoms with Gasteiger partial charge < -0.3 is 49.7 Å². The lowest BCUT2D eigenvalue weighted by molar-refractivity contribution is -0.335. The van der Waals surface area contributed by atoms with Crippen LogP contribution in [0.2, 0.25) is 10.0 Å². The Hall–Kier alpha value is -1.39. The molecule has 5 rings (SSSR count). The smallest absolute Gasteiger partial charge is 0.393 e. The Labute approximate surface area is 245 Å². The fourth-order valence-corrected chi connectivity index (χ4v) is 6.85. The summed E-state index contributed by atoms with van der Waals surface area (Å²) in [5.41, 5.74) is 0.906. The van der Waals surface area contributed by atoms with Crippen molar-refractivity contribution >= 4 is 84.7 Å². The molecule has 0 bridgehead atoms. The van der Waals surface area contributed by atoms with Crippen molar-refractivity contribution < 1.29 is 48.8 Å². The minimum Gasteiger partial charge on any atom is -0.393 e. The van der Waals surface area contributed by atoms with Gasteiger partial charge in [-0.25, -0.2) is 9.09 Å². The van der Waals surface area contributed by atoms with E-state index in [2.05, 4.69) is 41.8 Å². The molecule has 1 aliphatic carbocycles. The average Bonchev–Trinajstić information content (AvgIpc) is 3.49. The standard InChI is InChI=1S/C22H19Br2Cl2N2O10P/c23-7-1-3-9-13(15(7)25)11(5-27-9)36-39(35,37-12-6-28-10-4-2-8(24)16(26)14(10)12)38-22(34)20(32)18(30)17(29)19(31)21(22)33/h1-6,17-21,27-34H/t17?,18-,19+,20-,21-,22?/m1/s1. The first-order valence-corrected chi connectivity index (χ1v) is 14.8. The lowest BCUT2D eigenvalue weighted by Crippen LogP contribution is -2.71. The second kappa shape index (κ2) is 10.5. The van der Waals surface area contributed by atoms with Crippen molar-refractivity contribution in [2.24, 2.45) is 0 Å². The van der Waals surface area contributed by atoms with Gasteiger partial charge in [-0.1, -0.05) is 23.2 Å². The molecule has 210 valence electrons. The summed E-state index contributed by atoms with van der Waals surface area (Å²) in [6.07, 6.45) is -8.94. The molecule has 0 radical (unpaired) electrons. The summed E-state index contributed by atoms with van der Waals surface area (Å²) in [5.74, 6) is -3.73. The number of fused-ring (bicyclic) bond motifs is 2. The Morgan fingerprint density at radius 1 is 0.769 bits per heavy atom. The Morgan fingerprint density at radius 3 is 1.59 bits per heavy atom. The summed E-state index contributed by atoms with van der Waals surface area (Å²) in [6.45, 7) is 0. The maximum atomic E-state index is 14.3. The number of halogens is 4. The topological polar surface area (TPSA) is 198 Å². The van der Waals surface area contributed by atoms with Gasteiger partial charge in [0.1, 0.15) is 30.5 Å². The van der Waals surface area contributed by atoms with Crippen LogP contribution in [0.15, 0.2) is 45.6 Å². The van der Waals surface area contributed by atoms with Crippen LogP contribution in [0, 0.1) is 0 Å². The summed E-state index contributed by atoms with van der Waals surface area (Å²) in [7, 11) is -5.22. The molecule has 4 aromatic rings. The molecule has 2 unspecified atom stereocenters. The van der Waals surface area contributed by atoms with Gasteiger partial charge >= 0.3 is 7.82 Å². The number of rotatable bonds is 6. The van der Waals surface area contributed by atoms with Crippen LogP contribution in [0.3, 0.4) is 0 Å². The molecule has 0 saturated heterocycles. The maximum absolute atomic E-state index is 14.3. The second-order valence-corrected chi connectivity index (χ2v) is 12.6. The molecule has 1 fully saturated rings. The number of aromatic amines is 2. The summed E-state index contributed by atoms with van der Waals surface area (Å²) < 4.78 is 31.7. The number of hydrogen-bond donors (Lipinski definition) is 8. The van der Waals surface area contributed by atoms with E-state index in [-0.39, 0.29) is 32.3 Å². The van der Waals surface area contributed by atoms with Gasteiger partial charge in [0, 0.05) is 21.3 Å². The maximum Gasteiger partial charge on any atom is 0.590 e. The molecule has 2 heterocycles. The normalized spacial score (nSPS) is 27.8. The van der Waals surface area contributed by atoms with E-state index in [0.717, 1.165) is 0 Å². The van der Waals surface area contributed by atoms with E-state index in [1.54, 1.807) is 24.3 Å². The minimum absolute atomic E-state index is 0.153. The number of hydrogen-bond acceptors (Lipinski definition) is 10. The largest absolute Gasteiger partial charge is 0.590 e. The van der Waals surface area contributed by atoms with Crippen LogP contribution in [0.25, 0.3) is 21.8 Å². The molecule has 1 saturated carbocycles. The second-order valence-electron chi connectivity index (χ2n) is 8.71. The zero-order valence-corrected chi connectivity index (χ0v) is 24.7. The van der Waals surface area contributed by atoms with E-state index in [1.165, 1.54) is 12.4 Å². The van der Waals surface area contributed by atoms with Crippen molar-refractivity contribution in [2.75, 3.05) is 0 Å². The monoisotopic (exact) mass is 730 g/mol. The summed E-state index contributed by atoms with van der Waals surface area (Å²) in [4.78, 5) is 5.73. The van der Waals surface area contributed by atoms with Crippen molar-refractivity contribution in [3.8, 4) is 11.5 Å². The van der Waals surface area contributed by atoms with Gasteiger partial charge in [-0.05, 0) is 56.1 Å². The third-order valence-electron chi connectivity index (χ3n) is 6.27. The highest BCUT2D eigenvalue weighted by Crippen LogP contribution is 2.57. The number of phosphoric ester groups is 1. The molecular formula is C22H19Br2Cl2N2O10P. The van der Waals surface area contributed by atoms with Crippen molar-refractivity contribution in [2.45, 2.75) is 36.3 Å². The first-order chi connectivity index (χ1) is 18.3. The van der Waals surface area contributed by atoms with E-state index < -0.39 is 44.1 Å². The van der Waals surface area contributed by atoms with Crippen LogP contribution >= 0.6 is 62.9 Å². The van der Waals surface area contributed by atoms with E-state index in [0.29, 0.717) is 20.0 Å². The highest BCUT2D eigenvalue weighted by molar-refractivity contribution is 9.10. The lowest BCUT2D eigenvalue weighted by atomic mass is 9.82. The Bertz CT molecular complexity index is 1510. The van der Waals surface area contributed by atoms with Gasteiger partial charge in [0.05, 0.1) is 31.9 Å². The third kappa shape index (κ3) is 4.90. The Morgan fingerprint density at radius 2 is 1.18 bits per heavy atom. The van der Waals surface area contributed by atoms with E-state index in [1.807, 2.05) is 0 Å². The minimum atomic E-state index is -5.22. The average molecular weight is 733 g/mol. The van der Waals surface area contributed by atoms with E-state index >= 15 is 0 Å². The first-order valence-electron chi connectivity index (χ1n) is 11.0. The first kappa shape index (κ1) is 29.1. The predicted octanol–water partition coefficient (Wildman–Crippen LogP) is 3.57. The predicted molar refractivity (Wildman–Crippen MR) is 147 cm³/mol. The fraction of sp³-hybridized carbons (Fsp3) is 0.273. The molecular weight excluding hydrogens is 714 g/mol. The van der Waals surface area contributed by atoms with Crippen LogP contribution in [-0.4, -0.2) is 76.9 Å². The van der Waals surface area contributed by atoms with E-state index in [9.17, 15) is 35.2 Å². The van der Waals surface area contributed by atoms with Gasteiger partial charge in [-0.3, -0.25) is 0 Å². The molecule has 39 heavy (non-hydrogen) atoms. The van der Waals surface area contributed by atoms with Gasteiger partial charge in [-0.15, -0.1) is 0 Å². The number of benzene rings is 2. The number of phosphoric acid groups is 1. The Kier molecular flexibility index (Phi) is 7.81. The zero-order chi connectivity index (χ0) is 28.4. The number of aliphatic hydroxyl groups is 6. The van der Waals surface area contributed by atoms with Crippen LogP contribution in [-0.2, 0) is 9.09 Å². The molecule has 8 N–H and O–H groups in total. The lowest BCUT2D eigenvalue weighted by Gasteiger charge is -2.46. The molecule has 17 heteroatoms. The van der Waals surface area contributed by atoms with Crippen LogP contribution in [0.5, 0.6) is 11.5 Å². The molecule has 0 aliphatic heterocycles. The molecule has 0 amide bonds. The number of aromatic nitrogens is 2. The molecule has 12 nitrogen and oxygen atoms in total. The summed E-state index contributed by atoms with van der Waals surface area (Å²) in [5, 5.41) is 63.2. The van der Waals surface area contributed by atoms with E-state index in [4.69, 9.17) is 36.8 Å². The van der Waals surface area contributed by atoms with Crippen LogP contribution in [0.1, 0.15) is 0 Å². The van der Waals surface area contributed by atoms with Gasteiger partial charge in [0.15, 0.2) is 11.5 Å². The number of nitrogens with one attached hydrogen (secondary N) is 2. The molecule has 1 aliphatic rings. The van der Waals surface area contributed by atoms with Crippen LogP contribution < -0.4 is 9.05 Å². The SMILES string of the molecule is O=P(Oc1c[nH]c2ccc(Br)c(Cl)c12)(Oc1c[nH]c2ccc(Br)c(Cl)c12)OC1(O)[C@H](O)[C@H](O)C(O)[C@H](O)[C@H]1O.